The Labute approximate surface area is 205 Å². The fraction of sp³-hybridized carbons (Fsp3) is 0.320. The number of carbonyl (C=O) groups excluding carboxylic acids is 1. The Hall–Kier alpha value is -4.25. The molecular formula is C25H24N8O3. The molecule has 4 aromatic rings. The maximum atomic E-state index is 13.3. The zero-order valence-electron chi connectivity index (χ0n) is 19.5. The van der Waals surface area contributed by atoms with E-state index in [1.54, 1.807) is 21.6 Å². The van der Waals surface area contributed by atoms with E-state index >= 15 is 0 Å². The monoisotopic (exact) mass is 484 g/mol. The Bertz CT molecular complexity index is 1570. The van der Waals surface area contributed by atoms with Crippen LogP contribution in [0.2, 0.25) is 0 Å². The summed E-state index contributed by atoms with van der Waals surface area (Å²) in [5, 5.41) is 7.12. The Kier molecular flexibility index (Phi) is 4.78. The smallest absolute Gasteiger partial charge is 0.415 e. The van der Waals surface area contributed by atoms with Gasteiger partial charge in [0.2, 0.25) is 5.95 Å². The van der Waals surface area contributed by atoms with Gasteiger partial charge >= 0.3 is 6.09 Å². The molecule has 1 saturated heterocycles. The van der Waals surface area contributed by atoms with Gasteiger partial charge in [0.05, 0.1) is 12.6 Å². The number of aromatic nitrogens is 5. The van der Waals surface area contributed by atoms with E-state index in [9.17, 15) is 9.59 Å². The minimum atomic E-state index is -0.425. The quantitative estimate of drug-likeness (QED) is 0.444. The van der Waals surface area contributed by atoms with E-state index in [4.69, 9.17) is 14.7 Å². The Balaban J connectivity index is 1.32. The topological polar surface area (TPSA) is 119 Å². The molecule has 11 nitrogen and oxygen atoms in total. The number of amides is 1. The number of cyclic esters (lactones) is 1. The second-order valence-corrected chi connectivity index (χ2v) is 9.28. The van der Waals surface area contributed by atoms with Crippen LogP contribution in [-0.4, -0.2) is 50.1 Å². The highest BCUT2D eigenvalue weighted by atomic mass is 16.6. The summed E-state index contributed by atoms with van der Waals surface area (Å²) in [6, 6.07) is 11.7. The molecule has 7 rings (SSSR count). The van der Waals surface area contributed by atoms with Gasteiger partial charge in [-0.25, -0.2) is 24.1 Å². The molecule has 5 heterocycles. The lowest BCUT2D eigenvalue weighted by Gasteiger charge is -2.18. The second-order valence-electron chi connectivity index (χ2n) is 9.28. The predicted octanol–water partition coefficient (Wildman–Crippen LogP) is 2.66. The molecule has 3 aromatic heterocycles. The fourth-order valence-corrected chi connectivity index (χ4v) is 4.90. The molecule has 1 aliphatic carbocycles. The van der Waals surface area contributed by atoms with Gasteiger partial charge in [-0.1, -0.05) is 12.1 Å². The van der Waals surface area contributed by atoms with Crippen molar-refractivity contribution < 1.29 is 9.53 Å². The van der Waals surface area contributed by atoms with E-state index < -0.39 is 6.09 Å². The first-order valence-corrected chi connectivity index (χ1v) is 12.2. The number of hydrogen-bond donors (Lipinski definition) is 2. The summed E-state index contributed by atoms with van der Waals surface area (Å²) in [5.74, 6) is 1.38. The average molecular weight is 485 g/mol. The fourth-order valence-electron chi connectivity index (χ4n) is 4.90. The molecule has 182 valence electrons. The first-order chi connectivity index (χ1) is 17.7. The molecule has 0 spiro atoms. The standard InChI is InChI=1S/C25H24N8O3/c34-23-19-14-27-24(28-17-5-4-15-8-9-26-13-16(15)12-17)30-22(19)33(32(23)18-6-7-18)21-3-1-2-20(29-21)31-10-11-36-25(31)35/h1-5,12,14,18,26H,6-11,13H2,(H,27,28,30). The first kappa shape index (κ1) is 21.1. The molecule has 1 aromatic carbocycles. The molecule has 11 heteroatoms. The van der Waals surface area contributed by atoms with Crippen LogP contribution >= 0.6 is 0 Å². The van der Waals surface area contributed by atoms with Crippen molar-refractivity contribution in [1.82, 2.24) is 29.6 Å². The highest BCUT2D eigenvalue weighted by molar-refractivity contribution is 5.88. The van der Waals surface area contributed by atoms with Crippen molar-refractivity contribution in [3.8, 4) is 5.82 Å². The average Bonchev–Trinajstić information content (AvgIpc) is 3.58. The lowest BCUT2D eigenvalue weighted by Crippen LogP contribution is -2.26. The normalized spacial score (nSPS) is 17.3. The van der Waals surface area contributed by atoms with Gasteiger partial charge in [0, 0.05) is 18.4 Å². The highest BCUT2D eigenvalue weighted by Gasteiger charge is 2.32. The van der Waals surface area contributed by atoms with Gasteiger partial charge in [0.1, 0.15) is 17.8 Å². The molecule has 0 radical (unpaired) electrons. The van der Waals surface area contributed by atoms with Crippen LogP contribution in [0.15, 0.2) is 47.4 Å². The van der Waals surface area contributed by atoms with Gasteiger partial charge in [0.15, 0.2) is 11.5 Å². The number of hydrogen-bond acceptors (Lipinski definition) is 8. The molecule has 0 bridgehead atoms. The predicted molar refractivity (Wildman–Crippen MR) is 133 cm³/mol. The van der Waals surface area contributed by atoms with Gasteiger partial charge in [0.25, 0.3) is 5.56 Å². The zero-order chi connectivity index (χ0) is 24.2. The van der Waals surface area contributed by atoms with Crippen LogP contribution in [-0.2, 0) is 17.7 Å². The van der Waals surface area contributed by atoms with Crippen LogP contribution in [0.25, 0.3) is 16.9 Å². The maximum absolute atomic E-state index is 13.3. The number of fused-ring (bicyclic) bond motifs is 2. The Morgan fingerprint density at radius 2 is 1.94 bits per heavy atom. The first-order valence-electron chi connectivity index (χ1n) is 12.2. The summed E-state index contributed by atoms with van der Waals surface area (Å²) in [6.07, 6.45) is 3.99. The van der Waals surface area contributed by atoms with E-state index in [0.29, 0.717) is 41.8 Å². The molecule has 1 saturated carbocycles. The molecule has 1 amide bonds. The number of rotatable bonds is 5. The minimum Gasteiger partial charge on any atom is -0.447 e. The molecule has 0 unspecified atom stereocenters. The van der Waals surface area contributed by atoms with E-state index in [-0.39, 0.29) is 11.6 Å². The lowest BCUT2D eigenvalue weighted by atomic mass is 10.0. The zero-order valence-corrected chi connectivity index (χ0v) is 19.5. The van der Waals surface area contributed by atoms with Crippen molar-refractivity contribution in [3.05, 3.63) is 64.1 Å². The molecule has 36 heavy (non-hydrogen) atoms. The van der Waals surface area contributed by atoms with Gasteiger partial charge in [-0.05, 0) is 61.2 Å². The van der Waals surface area contributed by atoms with Crippen molar-refractivity contribution in [1.29, 1.82) is 0 Å². The van der Waals surface area contributed by atoms with E-state index in [1.165, 1.54) is 16.0 Å². The van der Waals surface area contributed by atoms with E-state index in [0.717, 1.165) is 38.0 Å². The molecule has 2 fully saturated rings. The van der Waals surface area contributed by atoms with Crippen LogP contribution in [0.3, 0.4) is 0 Å². The summed E-state index contributed by atoms with van der Waals surface area (Å²) in [7, 11) is 0. The number of nitrogens with one attached hydrogen (secondary N) is 2. The number of pyridine rings is 1. The summed E-state index contributed by atoms with van der Waals surface area (Å²) in [5.41, 5.74) is 3.81. The maximum Gasteiger partial charge on any atom is 0.415 e. The molecule has 2 N–H and O–H groups in total. The summed E-state index contributed by atoms with van der Waals surface area (Å²) in [6.45, 7) is 2.58. The van der Waals surface area contributed by atoms with Gasteiger partial charge < -0.3 is 15.4 Å². The third-order valence-corrected chi connectivity index (χ3v) is 6.84. The number of anilines is 3. The molecule has 2 aliphatic heterocycles. The van der Waals surface area contributed by atoms with E-state index in [2.05, 4.69) is 27.8 Å². The second kappa shape index (κ2) is 8.16. The number of carbonyl (C=O) groups is 1. The van der Waals surface area contributed by atoms with Crippen molar-refractivity contribution in [2.75, 3.05) is 29.9 Å². The SMILES string of the molecule is O=C1OCCN1c1cccc(-n2c3nc(Nc4ccc5c(c4)CNCC5)ncc3c(=O)n2C2CC2)n1. The van der Waals surface area contributed by atoms with Crippen LogP contribution in [0.1, 0.15) is 30.0 Å². The third-order valence-electron chi connectivity index (χ3n) is 6.84. The van der Waals surface area contributed by atoms with E-state index in [1.807, 2.05) is 18.2 Å². The number of benzene rings is 1. The van der Waals surface area contributed by atoms with Crippen molar-refractivity contribution in [2.24, 2.45) is 0 Å². The van der Waals surface area contributed by atoms with Crippen molar-refractivity contribution in [3.63, 3.8) is 0 Å². The highest BCUT2D eigenvalue weighted by Crippen LogP contribution is 2.35. The summed E-state index contributed by atoms with van der Waals surface area (Å²) >= 11 is 0. The molecule has 0 atom stereocenters. The van der Waals surface area contributed by atoms with Crippen LogP contribution in [0.4, 0.5) is 22.2 Å². The molecular weight excluding hydrogens is 460 g/mol. The third kappa shape index (κ3) is 3.51. The summed E-state index contributed by atoms with van der Waals surface area (Å²) in [4.78, 5) is 40.8. The Morgan fingerprint density at radius 3 is 2.78 bits per heavy atom. The van der Waals surface area contributed by atoms with Crippen molar-refractivity contribution >= 4 is 34.6 Å². The van der Waals surface area contributed by atoms with Gasteiger partial charge in [-0.15, -0.1) is 0 Å². The minimum absolute atomic E-state index is 0.0819. The number of ether oxygens (including phenoxy) is 1. The van der Waals surface area contributed by atoms with Crippen LogP contribution in [0.5, 0.6) is 0 Å². The summed E-state index contributed by atoms with van der Waals surface area (Å²) < 4.78 is 8.54. The van der Waals surface area contributed by atoms with Crippen LogP contribution < -0.4 is 21.1 Å². The van der Waals surface area contributed by atoms with Crippen molar-refractivity contribution in [2.45, 2.75) is 31.8 Å². The van der Waals surface area contributed by atoms with Gasteiger partial charge in [-0.3, -0.25) is 9.69 Å². The van der Waals surface area contributed by atoms with Gasteiger partial charge in [-0.2, -0.15) is 4.98 Å². The molecule has 3 aliphatic rings. The Morgan fingerprint density at radius 1 is 1.06 bits per heavy atom. The van der Waals surface area contributed by atoms with Crippen LogP contribution in [0, 0.1) is 0 Å². The largest absolute Gasteiger partial charge is 0.447 e. The number of nitrogens with zero attached hydrogens (tertiary/aromatic N) is 6. The lowest BCUT2D eigenvalue weighted by molar-refractivity contribution is 0.181.